The smallest absolute Gasteiger partial charge is 0.240 e. The van der Waals surface area contributed by atoms with E-state index in [1.165, 1.54) is 21.5 Å². The van der Waals surface area contributed by atoms with Crippen molar-refractivity contribution in [2.45, 2.75) is 19.4 Å². The summed E-state index contributed by atoms with van der Waals surface area (Å²) < 4.78 is 0. The third-order valence-corrected chi connectivity index (χ3v) is 5.50. The van der Waals surface area contributed by atoms with Crippen LogP contribution in [0.1, 0.15) is 30.5 Å². The highest BCUT2D eigenvalue weighted by Gasteiger charge is 2.31. The molecule has 0 aliphatic carbocycles. The lowest BCUT2D eigenvalue weighted by atomic mass is 9.95. The van der Waals surface area contributed by atoms with Crippen LogP contribution in [0.25, 0.3) is 21.5 Å². The first-order valence-electron chi connectivity index (χ1n) is 9.55. The Morgan fingerprint density at radius 1 is 0.857 bits per heavy atom. The van der Waals surface area contributed by atoms with Gasteiger partial charge in [0.1, 0.15) is 0 Å². The van der Waals surface area contributed by atoms with E-state index in [9.17, 15) is 4.79 Å². The van der Waals surface area contributed by atoms with E-state index >= 15 is 0 Å². The number of hydrazone groups is 1. The highest BCUT2D eigenvalue weighted by atomic mass is 16.2. The molecule has 0 saturated heterocycles. The third kappa shape index (κ3) is 2.76. The predicted molar refractivity (Wildman–Crippen MR) is 114 cm³/mol. The molecule has 1 aliphatic rings. The normalized spacial score (nSPS) is 16.5. The van der Waals surface area contributed by atoms with E-state index in [1.807, 2.05) is 18.2 Å². The van der Waals surface area contributed by atoms with Gasteiger partial charge >= 0.3 is 0 Å². The molecule has 0 bridgehead atoms. The minimum Gasteiger partial charge on any atom is -0.273 e. The summed E-state index contributed by atoms with van der Waals surface area (Å²) in [6.45, 7) is 1.58. The van der Waals surface area contributed by atoms with Crippen molar-refractivity contribution in [2.24, 2.45) is 5.10 Å². The van der Waals surface area contributed by atoms with Crippen LogP contribution >= 0.6 is 0 Å². The molecular weight excluding hydrogens is 344 g/mol. The zero-order valence-corrected chi connectivity index (χ0v) is 15.7. The molecule has 136 valence electrons. The Morgan fingerprint density at radius 2 is 1.57 bits per heavy atom. The van der Waals surface area contributed by atoms with Gasteiger partial charge in [-0.3, -0.25) is 4.79 Å². The van der Waals surface area contributed by atoms with Crippen molar-refractivity contribution >= 4 is 33.2 Å². The molecule has 1 amide bonds. The van der Waals surface area contributed by atoms with Crippen LogP contribution in [0.4, 0.5) is 0 Å². The van der Waals surface area contributed by atoms with Crippen molar-refractivity contribution in [1.29, 1.82) is 0 Å². The molecule has 4 aromatic rings. The number of rotatable bonds is 2. The molecule has 1 heterocycles. The fourth-order valence-electron chi connectivity index (χ4n) is 4.10. The average molecular weight is 364 g/mol. The zero-order valence-electron chi connectivity index (χ0n) is 15.7. The van der Waals surface area contributed by atoms with E-state index in [2.05, 4.69) is 71.8 Å². The van der Waals surface area contributed by atoms with Crippen molar-refractivity contribution < 1.29 is 4.79 Å². The summed E-state index contributed by atoms with van der Waals surface area (Å²) in [6, 6.07) is 29.3. The first kappa shape index (κ1) is 16.7. The van der Waals surface area contributed by atoms with E-state index in [0.29, 0.717) is 0 Å². The van der Waals surface area contributed by atoms with Gasteiger partial charge < -0.3 is 0 Å². The minimum atomic E-state index is -0.0407. The molecule has 3 heteroatoms. The van der Waals surface area contributed by atoms with Gasteiger partial charge in [0.25, 0.3) is 0 Å². The van der Waals surface area contributed by atoms with Crippen LogP contribution in [-0.4, -0.2) is 16.6 Å². The third-order valence-electron chi connectivity index (χ3n) is 5.50. The van der Waals surface area contributed by atoms with Gasteiger partial charge in [0.2, 0.25) is 5.91 Å². The van der Waals surface area contributed by atoms with Crippen molar-refractivity contribution in [3.63, 3.8) is 0 Å². The maximum atomic E-state index is 12.2. The fraction of sp³-hybridized carbons (Fsp3) is 0.120. The van der Waals surface area contributed by atoms with Crippen molar-refractivity contribution in [3.05, 3.63) is 96.1 Å². The molecule has 1 aliphatic heterocycles. The van der Waals surface area contributed by atoms with Gasteiger partial charge in [-0.25, -0.2) is 5.01 Å². The largest absolute Gasteiger partial charge is 0.273 e. The Labute approximate surface area is 163 Å². The van der Waals surface area contributed by atoms with E-state index < -0.39 is 0 Å². The summed E-state index contributed by atoms with van der Waals surface area (Å²) in [7, 11) is 0. The lowest BCUT2D eigenvalue weighted by Crippen LogP contribution is -2.24. The molecule has 0 N–H and O–H groups in total. The van der Waals surface area contributed by atoms with Crippen molar-refractivity contribution in [3.8, 4) is 0 Å². The molecular formula is C25H20N2O. The first-order valence-corrected chi connectivity index (χ1v) is 9.55. The quantitative estimate of drug-likeness (QED) is 0.421. The Morgan fingerprint density at radius 3 is 2.39 bits per heavy atom. The topological polar surface area (TPSA) is 32.7 Å². The summed E-state index contributed by atoms with van der Waals surface area (Å²) in [5.41, 5.74) is 3.15. The van der Waals surface area contributed by atoms with Gasteiger partial charge in [-0.05, 0) is 38.7 Å². The number of carbonyl (C=O) groups is 1. The second kappa shape index (κ2) is 6.61. The molecule has 0 aromatic heterocycles. The van der Waals surface area contributed by atoms with Crippen LogP contribution < -0.4 is 0 Å². The van der Waals surface area contributed by atoms with Crippen LogP contribution in [0.5, 0.6) is 0 Å². The molecule has 0 spiro atoms. The van der Waals surface area contributed by atoms with Crippen LogP contribution in [0, 0.1) is 0 Å². The molecule has 1 atom stereocenters. The summed E-state index contributed by atoms with van der Waals surface area (Å²) in [5, 5.41) is 11.2. The number of hydrogen-bond donors (Lipinski definition) is 0. The number of hydrogen-bond acceptors (Lipinski definition) is 2. The highest BCUT2D eigenvalue weighted by molar-refractivity contribution is 6.11. The summed E-state index contributed by atoms with van der Waals surface area (Å²) in [4.78, 5) is 12.2. The van der Waals surface area contributed by atoms with E-state index in [0.717, 1.165) is 23.3 Å². The Balaban J connectivity index is 1.57. The van der Waals surface area contributed by atoms with Crippen LogP contribution in [-0.2, 0) is 4.79 Å². The minimum absolute atomic E-state index is 0.0318. The Hall–Kier alpha value is -3.46. The van der Waals surface area contributed by atoms with E-state index in [-0.39, 0.29) is 11.9 Å². The van der Waals surface area contributed by atoms with E-state index in [4.69, 9.17) is 0 Å². The number of amides is 1. The lowest BCUT2D eigenvalue weighted by molar-refractivity contribution is -0.130. The maximum Gasteiger partial charge on any atom is 0.240 e. The molecule has 0 fully saturated rings. The Kier molecular flexibility index (Phi) is 3.94. The molecule has 4 aromatic carbocycles. The van der Waals surface area contributed by atoms with Crippen LogP contribution in [0.3, 0.4) is 0 Å². The highest BCUT2D eigenvalue weighted by Crippen LogP contribution is 2.34. The predicted octanol–water partition coefficient (Wildman–Crippen LogP) is 5.69. The van der Waals surface area contributed by atoms with Gasteiger partial charge in [-0.15, -0.1) is 0 Å². The van der Waals surface area contributed by atoms with Gasteiger partial charge in [-0.2, -0.15) is 5.10 Å². The van der Waals surface area contributed by atoms with Gasteiger partial charge in [0, 0.05) is 13.3 Å². The van der Waals surface area contributed by atoms with Crippen LogP contribution in [0.2, 0.25) is 0 Å². The van der Waals surface area contributed by atoms with Gasteiger partial charge in [-0.1, -0.05) is 78.9 Å². The average Bonchev–Trinajstić information content (AvgIpc) is 3.20. The number of benzene rings is 4. The van der Waals surface area contributed by atoms with Gasteiger partial charge in [0.05, 0.1) is 11.8 Å². The van der Waals surface area contributed by atoms with Crippen molar-refractivity contribution in [2.75, 3.05) is 0 Å². The molecule has 0 radical (unpaired) electrons. The lowest BCUT2D eigenvalue weighted by Gasteiger charge is -2.20. The molecule has 0 saturated carbocycles. The maximum absolute atomic E-state index is 12.2. The van der Waals surface area contributed by atoms with Crippen LogP contribution in [0.15, 0.2) is 90.0 Å². The summed E-state index contributed by atoms with van der Waals surface area (Å²) in [5.74, 6) is -0.0318. The number of nitrogens with zero attached hydrogens (tertiary/aromatic N) is 2. The Bertz CT molecular complexity index is 1230. The summed E-state index contributed by atoms with van der Waals surface area (Å²) in [6.07, 6.45) is 0.725. The number of fused-ring (bicyclic) bond motifs is 3. The molecule has 28 heavy (non-hydrogen) atoms. The summed E-state index contributed by atoms with van der Waals surface area (Å²) >= 11 is 0. The SMILES string of the molecule is CC(=O)N1N=C(c2ccc3c(ccc4ccccc43)c2)C[C@H]1c1ccccc1. The molecule has 5 rings (SSSR count). The zero-order chi connectivity index (χ0) is 19.1. The monoisotopic (exact) mass is 364 g/mol. The standard InChI is InChI=1S/C25H20N2O/c1-17(28)27-25(19-8-3-2-4-9-19)16-24(26-27)21-13-14-23-20(15-21)12-11-18-7-5-6-10-22(18)23/h2-15,25H,16H2,1H3/t25-/m0/s1. The second-order valence-corrected chi connectivity index (χ2v) is 7.26. The van der Waals surface area contributed by atoms with E-state index in [1.54, 1.807) is 11.9 Å². The van der Waals surface area contributed by atoms with Gasteiger partial charge in [0.15, 0.2) is 0 Å². The number of carbonyl (C=O) groups excluding carboxylic acids is 1. The van der Waals surface area contributed by atoms with Crippen molar-refractivity contribution in [1.82, 2.24) is 5.01 Å². The fourth-order valence-corrected chi connectivity index (χ4v) is 4.10. The molecule has 3 nitrogen and oxygen atoms in total. The second-order valence-electron chi connectivity index (χ2n) is 7.26. The first-order chi connectivity index (χ1) is 13.7. The molecule has 0 unspecified atom stereocenters.